The first-order chi connectivity index (χ1) is 4.27. The molecule has 0 radical (unpaired) electrons. The van der Waals surface area contributed by atoms with Crippen LogP contribution in [0.2, 0.25) is 0 Å². The van der Waals surface area contributed by atoms with Crippen LogP contribution in [0.25, 0.3) is 0 Å². The summed E-state index contributed by atoms with van der Waals surface area (Å²) in [6.07, 6.45) is -0.823. The number of hydrogen-bond donors (Lipinski definition) is 3. The van der Waals surface area contributed by atoms with Crippen molar-refractivity contribution in [1.82, 2.24) is 0 Å². The maximum absolute atomic E-state index is 10.2. The Hall–Kier alpha value is -0.400. The molecule has 0 amide bonds. The van der Waals surface area contributed by atoms with Gasteiger partial charge in [-0.3, -0.25) is 4.57 Å². The molecule has 0 aliphatic carbocycles. The van der Waals surface area contributed by atoms with Gasteiger partial charge in [0.05, 0.1) is 12.2 Å². The maximum atomic E-state index is 10.2. The molecule has 0 aromatic rings. The van der Waals surface area contributed by atoms with Gasteiger partial charge in [0, 0.05) is 0 Å². The Bertz CT molecular complexity index is 200. The van der Waals surface area contributed by atoms with Crippen LogP contribution in [0.1, 0.15) is 6.92 Å². The van der Waals surface area contributed by atoms with Crippen LogP contribution in [0, 0.1) is 11.3 Å². The summed E-state index contributed by atoms with van der Waals surface area (Å²) in [5, 5.41) is 16.9. The zero-order valence-corrected chi connectivity index (χ0v) is 6.25. The predicted octanol–water partition coefficient (Wildman–Crippen LogP) is -0.561. The fourth-order valence-electron chi connectivity index (χ4n) is 0.436. The molecule has 0 rings (SSSR count). The van der Waals surface area contributed by atoms with Crippen LogP contribution in [0.15, 0.2) is 0 Å². The minimum absolute atomic E-state index is 0.823. The number of rotatable bonds is 2. The third-order valence-corrected chi connectivity index (χ3v) is 1.78. The summed E-state index contributed by atoms with van der Waals surface area (Å²) in [7, 11) is -4.28. The first-order valence-electron chi connectivity index (χ1n) is 2.45. The normalized spacial score (nSPS) is 17.5. The summed E-state index contributed by atoms with van der Waals surface area (Å²) in [6.45, 7) is 1.05. The minimum Gasteiger partial charge on any atom is -0.375 e. The van der Waals surface area contributed by atoms with E-state index in [1.165, 1.54) is 6.07 Å². The van der Waals surface area contributed by atoms with Gasteiger partial charge in [-0.2, -0.15) is 5.26 Å². The van der Waals surface area contributed by atoms with Gasteiger partial charge in [0.25, 0.3) is 0 Å². The smallest absolute Gasteiger partial charge is 0.329 e. The molecule has 3 N–H and O–H groups in total. The van der Waals surface area contributed by atoms with Crippen LogP contribution >= 0.6 is 7.60 Å². The minimum atomic E-state index is -4.28. The molecule has 0 spiro atoms. The first-order valence-corrected chi connectivity index (χ1v) is 4.25. The van der Waals surface area contributed by atoms with Crippen LogP contribution in [-0.2, 0) is 4.57 Å². The van der Waals surface area contributed by atoms with Crippen molar-refractivity contribution in [3.63, 3.8) is 0 Å². The van der Waals surface area contributed by atoms with Crippen LogP contribution in [-0.4, -0.2) is 26.7 Å². The summed E-state index contributed by atoms with van der Waals surface area (Å²) >= 11 is 0. The van der Waals surface area contributed by atoms with Gasteiger partial charge in [0.1, 0.15) is 0 Å². The summed E-state index contributed by atoms with van der Waals surface area (Å²) < 4.78 is 10.2. The molecule has 1 atom stereocenters. The highest BCUT2D eigenvalue weighted by molar-refractivity contribution is 7.51. The molecule has 58 valence electrons. The molecule has 0 fully saturated rings. The molecule has 0 aliphatic rings. The van der Waals surface area contributed by atoms with Crippen LogP contribution in [0.3, 0.4) is 0 Å². The zero-order valence-electron chi connectivity index (χ0n) is 5.35. The quantitative estimate of drug-likeness (QED) is 0.376. The van der Waals surface area contributed by atoms with Crippen LogP contribution in [0.4, 0.5) is 0 Å². The Kier molecular flexibility index (Phi) is 2.58. The van der Waals surface area contributed by atoms with E-state index in [0.717, 1.165) is 6.92 Å². The van der Waals surface area contributed by atoms with Gasteiger partial charge in [-0.15, -0.1) is 0 Å². The average Bonchev–Trinajstić information content (AvgIpc) is 1.60. The van der Waals surface area contributed by atoms with Gasteiger partial charge in [0.2, 0.25) is 0 Å². The molecular weight excluding hydrogens is 157 g/mol. The number of aliphatic hydroxyl groups is 1. The van der Waals surface area contributed by atoms with E-state index in [9.17, 15) is 4.57 Å². The second-order valence-electron chi connectivity index (χ2n) is 2.21. The Labute approximate surface area is 58.1 Å². The third-order valence-electron chi connectivity index (χ3n) is 0.755. The van der Waals surface area contributed by atoms with E-state index in [0.29, 0.717) is 0 Å². The molecular formula is C4H8NO4P. The second-order valence-corrected chi connectivity index (χ2v) is 3.85. The van der Waals surface area contributed by atoms with Crippen molar-refractivity contribution in [2.75, 3.05) is 6.16 Å². The van der Waals surface area contributed by atoms with Crippen LogP contribution < -0.4 is 0 Å². The van der Waals surface area contributed by atoms with Gasteiger partial charge in [-0.25, -0.2) is 0 Å². The van der Waals surface area contributed by atoms with E-state index in [2.05, 4.69) is 0 Å². The van der Waals surface area contributed by atoms with Crippen LogP contribution in [0.5, 0.6) is 0 Å². The molecule has 0 aliphatic heterocycles. The van der Waals surface area contributed by atoms with Crippen molar-refractivity contribution in [3.05, 3.63) is 0 Å². The molecule has 6 heteroatoms. The average molecular weight is 165 g/mol. The van der Waals surface area contributed by atoms with E-state index in [1.807, 2.05) is 0 Å². The van der Waals surface area contributed by atoms with Gasteiger partial charge in [-0.05, 0) is 6.92 Å². The summed E-state index contributed by atoms with van der Waals surface area (Å²) in [4.78, 5) is 16.6. The fraction of sp³-hybridized carbons (Fsp3) is 0.750. The molecule has 5 nitrogen and oxygen atoms in total. The molecule has 0 aromatic carbocycles. The lowest BCUT2D eigenvalue weighted by Gasteiger charge is -2.13. The first kappa shape index (κ1) is 9.60. The highest BCUT2D eigenvalue weighted by Crippen LogP contribution is 2.37. The summed E-state index contributed by atoms with van der Waals surface area (Å²) in [6, 6.07) is 1.36. The maximum Gasteiger partial charge on any atom is 0.329 e. The SMILES string of the molecule is C[C@](O)(C#N)CP(=O)(O)O. The van der Waals surface area contributed by atoms with Crippen molar-refractivity contribution in [2.45, 2.75) is 12.5 Å². The number of nitriles is 1. The van der Waals surface area contributed by atoms with Crippen molar-refractivity contribution >= 4 is 7.60 Å². The molecule has 0 saturated heterocycles. The molecule has 10 heavy (non-hydrogen) atoms. The Morgan fingerprint density at radius 2 is 2.10 bits per heavy atom. The number of hydrogen-bond acceptors (Lipinski definition) is 3. The van der Waals surface area contributed by atoms with Crippen molar-refractivity contribution < 1.29 is 19.5 Å². The standard InChI is InChI=1S/C4H8NO4P/c1-4(6,2-5)3-10(7,8)9/h6H,3H2,1H3,(H2,7,8,9)/t4-/m0/s1. The predicted molar refractivity (Wildman–Crippen MR) is 33.1 cm³/mol. The molecule has 0 heterocycles. The molecule has 0 unspecified atom stereocenters. The lowest BCUT2D eigenvalue weighted by Crippen LogP contribution is -2.26. The topological polar surface area (TPSA) is 102 Å². The van der Waals surface area contributed by atoms with Gasteiger partial charge < -0.3 is 14.9 Å². The monoisotopic (exact) mass is 165 g/mol. The zero-order chi connectivity index (χ0) is 8.41. The molecule has 0 aromatic heterocycles. The third kappa shape index (κ3) is 4.48. The lowest BCUT2D eigenvalue weighted by molar-refractivity contribution is 0.137. The van der Waals surface area contributed by atoms with Gasteiger partial charge in [0.15, 0.2) is 5.60 Å². The van der Waals surface area contributed by atoms with E-state index < -0.39 is 19.4 Å². The summed E-state index contributed by atoms with van der Waals surface area (Å²) in [5.41, 5.74) is -1.93. The molecule has 0 bridgehead atoms. The highest BCUT2D eigenvalue weighted by atomic mass is 31.2. The Morgan fingerprint density at radius 1 is 1.70 bits per heavy atom. The number of nitrogens with zero attached hydrogens (tertiary/aromatic N) is 1. The van der Waals surface area contributed by atoms with E-state index in [1.54, 1.807) is 0 Å². The van der Waals surface area contributed by atoms with Crippen molar-refractivity contribution in [2.24, 2.45) is 0 Å². The summed E-state index contributed by atoms with van der Waals surface area (Å²) in [5.74, 6) is 0. The van der Waals surface area contributed by atoms with E-state index >= 15 is 0 Å². The second kappa shape index (κ2) is 2.69. The molecule has 0 saturated carbocycles. The van der Waals surface area contributed by atoms with E-state index in [-0.39, 0.29) is 0 Å². The fourth-order valence-corrected chi connectivity index (χ4v) is 1.31. The Morgan fingerprint density at radius 3 is 2.20 bits per heavy atom. The Balaban J connectivity index is 4.20. The van der Waals surface area contributed by atoms with Crippen molar-refractivity contribution in [3.8, 4) is 6.07 Å². The van der Waals surface area contributed by atoms with Gasteiger partial charge >= 0.3 is 7.60 Å². The van der Waals surface area contributed by atoms with E-state index in [4.69, 9.17) is 20.2 Å². The van der Waals surface area contributed by atoms with Crippen molar-refractivity contribution in [1.29, 1.82) is 5.26 Å². The highest BCUT2D eigenvalue weighted by Gasteiger charge is 2.29. The lowest BCUT2D eigenvalue weighted by atomic mass is 10.2. The largest absolute Gasteiger partial charge is 0.375 e. The van der Waals surface area contributed by atoms with Gasteiger partial charge in [-0.1, -0.05) is 0 Å².